The summed E-state index contributed by atoms with van der Waals surface area (Å²) in [6, 6.07) is 0. The van der Waals surface area contributed by atoms with Gasteiger partial charge >= 0.3 is 5.95 Å². The number of hydrogen-bond acceptors (Lipinski definition) is 5. The summed E-state index contributed by atoms with van der Waals surface area (Å²) in [6.45, 7) is 0. The first-order valence-corrected chi connectivity index (χ1v) is 2.48. The van der Waals surface area contributed by atoms with E-state index < -0.39 is 23.8 Å². The molecule has 0 aromatic rings. The average Bonchev–Trinajstić information content (AvgIpc) is 1.84. The molecular formula is C5H6O5. The van der Waals surface area contributed by atoms with E-state index in [1.165, 1.54) is 0 Å². The van der Waals surface area contributed by atoms with Crippen LogP contribution in [0.4, 0.5) is 0 Å². The molecule has 0 bridgehead atoms. The number of rotatable bonds is 0. The number of allylic oxidation sites excluding steroid dienone is 1. The monoisotopic (exact) mass is 146 g/mol. The van der Waals surface area contributed by atoms with Crippen molar-refractivity contribution >= 4 is 0 Å². The van der Waals surface area contributed by atoms with Crippen molar-refractivity contribution in [3.05, 3.63) is 23.5 Å². The van der Waals surface area contributed by atoms with Crippen molar-refractivity contribution in [2.75, 3.05) is 0 Å². The first-order chi connectivity index (χ1) is 4.61. The maximum absolute atomic E-state index is 8.65. The summed E-state index contributed by atoms with van der Waals surface area (Å²) in [5.41, 5.74) is 0. The van der Waals surface area contributed by atoms with Crippen molar-refractivity contribution in [1.82, 2.24) is 0 Å². The SMILES string of the molecule is OC1=CC(O)=C(O)OC1O. The average molecular weight is 146 g/mol. The lowest BCUT2D eigenvalue weighted by Gasteiger charge is -2.15. The Morgan fingerprint density at radius 2 is 1.90 bits per heavy atom. The fourth-order valence-electron chi connectivity index (χ4n) is 0.500. The lowest BCUT2D eigenvalue weighted by molar-refractivity contribution is -0.105. The maximum atomic E-state index is 8.65. The van der Waals surface area contributed by atoms with Gasteiger partial charge < -0.3 is 25.2 Å². The van der Waals surface area contributed by atoms with Crippen molar-refractivity contribution in [3.8, 4) is 0 Å². The van der Waals surface area contributed by atoms with Crippen LogP contribution in [-0.4, -0.2) is 26.7 Å². The molecule has 10 heavy (non-hydrogen) atoms. The number of aliphatic hydroxyl groups excluding tert-OH is 4. The first-order valence-electron chi connectivity index (χ1n) is 2.48. The third-order valence-electron chi connectivity index (χ3n) is 0.980. The van der Waals surface area contributed by atoms with Gasteiger partial charge in [-0.3, -0.25) is 0 Å². The van der Waals surface area contributed by atoms with Gasteiger partial charge in [0.25, 0.3) is 6.29 Å². The Balaban J connectivity index is 2.88. The Labute approximate surface area is 56.1 Å². The van der Waals surface area contributed by atoms with Crippen molar-refractivity contribution in [1.29, 1.82) is 0 Å². The van der Waals surface area contributed by atoms with E-state index in [0.717, 1.165) is 6.08 Å². The highest BCUT2D eigenvalue weighted by Gasteiger charge is 2.20. The molecule has 4 N–H and O–H groups in total. The van der Waals surface area contributed by atoms with E-state index in [1.807, 2.05) is 0 Å². The summed E-state index contributed by atoms with van der Waals surface area (Å²) in [6.07, 6.45) is -0.792. The molecule has 56 valence electrons. The second-order valence-electron chi connectivity index (χ2n) is 1.73. The third-order valence-corrected chi connectivity index (χ3v) is 0.980. The van der Waals surface area contributed by atoms with Gasteiger partial charge in [0.05, 0.1) is 0 Å². The van der Waals surface area contributed by atoms with Crippen molar-refractivity contribution < 1.29 is 25.2 Å². The molecule has 5 nitrogen and oxygen atoms in total. The normalized spacial score (nSPS) is 25.7. The summed E-state index contributed by atoms with van der Waals surface area (Å²) < 4.78 is 4.13. The first kappa shape index (κ1) is 6.76. The second-order valence-corrected chi connectivity index (χ2v) is 1.73. The molecular weight excluding hydrogens is 140 g/mol. The topological polar surface area (TPSA) is 90.2 Å². The quantitative estimate of drug-likeness (QED) is 0.388. The zero-order chi connectivity index (χ0) is 7.72. The van der Waals surface area contributed by atoms with Gasteiger partial charge in [0, 0.05) is 6.08 Å². The van der Waals surface area contributed by atoms with Gasteiger partial charge in [0.2, 0.25) is 5.76 Å². The molecule has 1 aliphatic rings. The predicted octanol–water partition coefficient (Wildman–Crippen LogP) is 0.0620. The number of ether oxygens (including phenoxy) is 1. The predicted molar refractivity (Wildman–Crippen MR) is 30.1 cm³/mol. The molecule has 1 unspecified atom stereocenters. The van der Waals surface area contributed by atoms with E-state index in [9.17, 15) is 0 Å². The number of hydrogen-bond donors (Lipinski definition) is 4. The summed E-state index contributed by atoms with van der Waals surface area (Å²) in [5, 5.41) is 34.4. The molecule has 1 heterocycles. The van der Waals surface area contributed by atoms with Crippen LogP contribution >= 0.6 is 0 Å². The summed E-state index contributed by atoms with van der Waals surface area (Å²) in [5.74, 6) is -1.96. The second kappa shape index (κ2) is 2.11. The molecule has 0 saturated heterocycles. The Hall–Kier alpha value is -1.36. The van der Waals surface area contributed by atoms with E-state index in [0.29, 0.717) is 0 Å². The molecule has 0 aromatic carbocycles. The molecule has 0 aromatic heterocycles. The van der Waals surface area contributed by atoms with E-state index in [2.05, 4.69) is 4.74 Å². The Bertz CT molecular complexity index is 204. The molecule has 0 fully saturated rings. The van der Waals surface area contributed by atoms with Crippen LogP contribution in [0.5, 0.6) is 0 Å². The maximum Gasteiger partial charge on any atom is 0.323 e. The lowest BCUT2D eigenvalue weighted by Crippen LogP contribution is -2.19. The zero-order valence-electron chi connectivity index (χ0n) is 4.85. The smallest absolute Gasteiger partial charge is 0.323 e. The fraction of sp³-hybridized carbons (Fsp3) is 0.200. The van der Waals surface area contributed by atoms with Crippen LogP contribution in [0.15, 0.2) is 23.5 Å². The highest BCUT2D eigenvalue weighted by Crippen LogP contribution is 2.15. The summed E-state index contributed by atoms with van der Waals surface area (Å²) in [7, 11) is 0. The van der Waals surface area contributed by atoms with Gasteiger partial charge in [-0.1, -0.05) is 0 Å². The molecule has 0 radical (unpaired) electrons. The molecule has 0 spiro atoms. The minimum absolute atomic E-state index is 0.546. The molecule has 0 aliphatic carbocycles. The highest BCUT2D eigenvalue weighted by atomic mass is 16.7. The number of aliphatic hydroxyl groups is 4. The largest absolute Gasteiger partial charge is 0.506 e. The highest BCUT2D eigenvalue weighted by molar-refractivity contribution is 5.18. The van der Waals surface area contributed by atoms with Crippen LogP contribution in [0, 0.1) is 0 Å². The van der Waals surface area contributed by atoms with Crippen molar-refractivity contribution in [2.45, 2.75) is 6.29 Å². The van der Waals surface area contributed by atoms with Crippen LogP contribution in [0.1, 0.15) is 0 Å². The van der Waals surface area contributed by atoms with Crippen LogP contribution in [-0.2, 0) is 4.74 Å². The van der Waals surface area contributed by atoms with E-state index in [1.54, 1.807) is 0 Å². The molecule has 1 aliphatic heterocycles. The van der Waals surface area contributed by atoms with Crippen molar-refractivity contribution in [2.24, 2.45) is 0 Å². The lowest BCUT2D eigenvalue weighted by atomic mass is 10.3. The van der Waals surface area contributed by atoms with E-state index in [4.69, 9.17) is 20.4 Å². The van der Waals surface area contributed by atoms with Crippen LogP contribution in [0.25, 0.3) is 0 Å². The minimum atomic E-state index is -1.59. The standard InChI is InChI=1S/C5H6O5/c6-2-1-3(7)5(9)10-4(2)8/h1,4,6-9H. The van der Waals surface area contributed by atoms with E-state index >= 15 is 0 Å². The van der Waals surface area contributed by atoms with Gasteiger partial charge in [-0.05, 0) is 0 Å². The van der Waals surface area contributed by atoms with Gasteiger partial charge in [0.1, 0.15) is 0 Å². The van der Waals surface area contributed by atoms with Crippen LogP contribution in [0.2, 0.25) is 0 Å². The fourth-order valence-corrected chi connectivity index (χ4v) is 0.500. The molecule has 0 amide bonds. The molecule has 1 atom stereocenters. The van der Waals surface area contributed by atoms with Gasteiger partial charge in [-0.2, -0.15) is 0 Å². The van der Waals surface area contributed by atoms with E-state index in [-0.39, 0.29) is 0 Å². The van der Waals surface area contributed by atoms with Crippen LogP contribution < -0.4 is 0 Å². The summed E-state index contributed by atoms with van der Waals surface area (Å²) >= 11 is 0. The van der Waals surface area contributed by atoms with Crippen molar-refractivity contribution in [3.63, 3.8) is 0 Å². The molecule has 5 heteroatoms. The minimum Gasteiger partial charge on any atom is -0.506 e. The Morgan fingerprint density at radius 3 is 2.40 bits per heavy atom. The molecule has 1 rings (SSSR count). The zero-order valence-corrected chi connectivity index (χ0v) is 4.85. The van der Waals surface area contributed by atoms with Crippen LogP contribution in [0.3, 0.4) is 0 Å². The Morgan fingerprint density at radius 1 is 1.30 bits per heavy atom. The van der Waals surface area contributed by atoms with Gasteiger partial charge in [-0.15, -0.1) is 0 Å². The summed E-state index contributed by atoms with van der Waals surface area (Å²) in [4.78, 5) is 0. The third kappa shape index (κ3) is 0.985. The molecule has 0 saturated carbocycles. The van der Waals surface area contributed by atoms with Gasteiger partial charge in [0.15, 0.2) is 5.76 Å². The Kier molecular flexibility index (Phi) is 1.42. The van der Waals surface area contributed by atoms with Gasteiger partial charge in [-0.25, -0.2) is 0 Å².